The van der Waals surface area contributed by atoms with E-state index in [9.17, 15) is 5.21 Å². The molecule has 0 saturated carbocycles. The summed E-state index contributed by atoms with van der Waals surface area (Å²) in [6.07, 6.45) is 0. The van der Waals surface area contributed by atoms with Crippen LogP contribution in [0.1, 0.15) is 0 Å². The topological polar surface area (TPSA) is 45.7 Å². The second-order valence-corrected chi connectivity index (χ2v) is 5.77. The summed E-state index contributed by atoms with van der Waals surface area (Å²) >= 11 is 1.57. The van der Waals surface area contributed by atoms with Crippen LogP contribution in [0.2, 0.25) is 0 Å². The van der Waals surface area contributed by atoms with E-state index in [0.717, 1.165) is 25.9 Å². The van der Waals surface area contributed by atoms with E-state index in [1.165, 1.54) is 0 Å². The number of rotatable bonds is 1. The molecule has 0 aliphatic carbocycles. The lowest BCUT2D eigenvalue weighted by Crippen LogP contribution is -2.00. The van der Waals surface area contributed by atoms with Crippen LogP contribution in [-0.2, 0) is 0 Å². The van der Waals surface area contributed by atoms with Crippen molar-refractivity contribution >= 4 is 31.7 Å². The van der Waals surface area contributed by atoms with Crippen molar-refractivity contribution in [1.29, 1.82) is 0 Å². The normalized spacial score (nSPS) is 12.3. The summed E-state index contributed by atoms with van der Waals surface area (Å²) in [7, 11) is 0. The van der Waals surface area contributed by atoms with Crippen molar-refractivity contribution in [1.82, 2.24) is 0 Å². The van der Waals surface area contributed by atoms with E-state index in [1.807, 2.05) is 54.6 Å². The molecule has 0 unspecified atom stereocenters. The van der Waals surface area contributed by atoms with Crippen LogP contribution in [0.3, 0.4) is 0 Å². The molecule has 2 heterocycles. The molecule has 0 aliphatic heterocycles. The first kappa shape index (κ1) is 12.2. The number of fused-ring (bicyclic) bond motifs is 3. The first-order valence-corrected chi connectivity index (χ1v) is 7.37. The molecule has 0 bridgehead atoms. The van der Waals surface area contributed by atoms with Crippen molar-refractivity contribution in [3.8, 4) is 11.3 Å². The predicted molar refractivity (Wildman–Crippen MR) is 84.4 cm³/mol. The zero-order valence-corrected chi connectivity index (χ0v) is 11.8. The highest BCUT2D eigenvalue weighted by molar-refractivity contribution is 7.25. The molecule has 0 aliphatic rings. The Morgan fingerprint density at radius 1 is 0.952 bits per heavy atom. The van der Waals surface area contributed by atoms with E-state index in [4.69, 9.17) is 4.42 Å². The Labute approximate surface area is 124 Å². The lowest BCUT2D eigenvalue weighted by molar-refractivity contribution is 0.302. The van der Waals surface area contributed by atoms with Crippen LogP contribution in [0.4, 0.5) is 0 Å². The Bertz CT molecular complexity index is 1000. The monoisotopic (exact) mass is 293 g/mol. The Balaban J connectivity index is 2.14. The van der Waals surface area contributed by atoms with E-state index in [0.29, 0.717) is 11.1 Å². The average Bonchev–Trinajstić information content (AvgIpc) is 2.93. The van der Waals surface area contributed by atoms with Crippen LogP contribution < -0.4 is 5.36 Å². The van der Waals surface area contributed by atoms with Gasteiger partial charge in [0, 0.05) is 21.7 Å². The molecule has 0 amide bonds. The van der Waals surface area contributed by atoms with E-state index in [-0.39, 0.29) is 0 Å². The fraction of sp³-hybridized carbons (Fsp3) is 0. The summed E-state index contributed by atoms with van der Waals surface area (Å²) in [4.78, 5) is 0. The van der Waals surface area contributed by atoms with Gasteiger partial charge in [0.1, 0.15) is 15.8 Å². The van der Waals surface area contributed by atoms with Gasteiger partial charge in [-0.15, -0.1) is 11.3 Å². The highest BCUT2D eigenvalue weighted by Crippen LogP contribution is 2.33. The van der Waals surface area contributed by atoms with Gasteiger partial charge in [0.2, 0.25) is 0 Å². The van der Waals surface area contributed by atoms with Crippen LogP contribution in [0.15, 0.2) is 70.2 Å². The molecule has 102 valence electrons. The zero-order chi connectivity index (χ0) is 14.2. The maximum atomic E-state index is 9.32. The van der Waals surface area contributed by atoms with Gasteiger partial charge in [-0.2, -0.15) is 0 Å². The molecular weight excluding hydrogens is 282 g/mol. The van der Waals surface area contributed by atoms with E-state index in [1.54, 1.807) is 17.4 Å². The molecule has 0 fully saturated rings. The van der Waals surface area contributed by atoms with E-state index in [2.05, 4.69) is 5.16 Å². The molecular formula is C17H11NO2S. The van der Waals surface area contributed by atoms with Crippen LogP contribution in [0, 0.1) is 0 Å². The summed E-state index contributed by atoms with van der Waals surface area (Å²) in [5.41, 5.74) is 1.73. The third kappa shape index (κ3) is 1.92. The lowest BCUT2D eigenvalue weighted by atomic mass is 10.1. The van der Waals surface area contributed by atoms with Crippen molar-refractivity contribution in [2.45, 2.75) is 0 Å². The van der Waals surface area contributed by atoms with Gasteiger partial charge in [0.25, 0.3) is 0 Å². The number of hydrogen-bond donors (Lipinski definition) is 1. The van der Waals surface area contributed by atoms with Crippen LogP contribution in [-0.4, -0.2) is 5.21 Å². The molecule has 21 heavy (non-hydrogen) atoms. The number of thiophene rings is 1. The fourth-order valence-corrected chi connectivity index (χ4v) is 3.53. The quantitative estimate of drug-likeness (QED) is 0.411. The minimum absolute atomic E-state index is 0.538. The second-order valence-electron chi connectivity index (χ2n) is 4.72. The van der Waals surface area contributed by atoms with Gasteiger partial charge in [-0.05, 0) is 12.1 Å². The number of benzene rings is 2. The highest BCUT2D eigenvalue weighted by atomic mass is 32.1. The Kier molecular flexibility index (Phi) is 2.75. The summed E-state index contributed by atoms with van der Waals surface area (Å²) in [5, 5.41) is 14.3. The Hall–Kier alpha value is -2.59. The van der Waals surface area contributed by atoms with Gasteiger partial charge in [-0.1, -0.05) is 47.6 Å². The Morgan fingerprint density at radius 3 is 2.52 bits per heavy atom. The van der Waals surface area contributed by atoms with Crippen LogP contribution in [0.5, 0.6) is 0 Å². The molecule has 3 nitrogen and oxygen atoms in total. The minimum Gasteiger partial charge on any atom is -0.454 e. The van der Waals surface area contributed by atoms with Crippen molar-refractivity contribution in [3.63, 3.8) is 0 Å². The molecule has 0 radical (unpaired) electrons. The first-order valence-electron chi connectivity index (χ1n) is 6.56. The van der Waals surface area contributed by atoms with Crippen molar-refractivity contribution in [3.05, 3.63) is 66.0 Å². The number of nitrogens with zero attached hydrogens (tertiary/aromatic N) is 1. The van der Waals surface area contributed by atoms with E-state index >= 15 is 0 Å². The minimum atomic E-state index is 0.538. The molecule has 4 heteroatoms. The van der Waals surface area contributed by atoms with Crippen LogP contribution >= 0.6 is 11.3 Å². The fourth-order valence-electron chi connectivity index (χ4n) is 2.44. The highest BCUT2D eigenvalue weighted by Gasteiger charge is 2.12. The number of hydrogen-bond acceptors (Lipinski definition) is 4. The van der Waals surface area contributed by atoms with Crippen molar-refractivity contribution in [2.24, 2.45) is 5.16 Å². The lowest BCUT2D eigenvalue weighted by Gasteiger charge is -2.01. The van der Waals surface area contributed by atoms with Gasteiger partial charge in [-0.25, -0.2) is 0 Å². The predicted octanol–water partition coefficient (Wildman–Crippen LogP) is 4.60. The first-order chi connectivity index (χ1) is 10.4. The van der Waals surface area contributed by atoms with Crippen LogP contribution in [0.25, 0.3) is 31.7 Å². The smallest absolute Gasteiger partial charge is 0.155 e. The third-order valence-electron chi connectivity index (χ3n) is 3.43. The SMILES string of the molecule is O/N=c1/cc(-c2ccccc2)oc2c1sc1ccccc12. The Morgan fingerprint density at radius 2 is 1.71 bits per heavy atom. The second kappa shape index (κ2) is 4.75. The maximum absolute atomic E-state index is 9.32. The summed E-state index contributed by atoms with van der Waals surface area (Å²) in [6, 6.07) is 19.6. The molecule has 1 N–H and O–H groups in total. The molecule has 0 saturated heterocycles. The summed E-state index contributed by atoms with van der Waals surface area (Å²) in [6.45, 7) is 0. The summed E-state index contributed by atoms with van der Waals surface area (Å²) in [5.74, 6) is 0.694. The molecule has 2 aromatic carbocycles. The van der Waals surface area contributed by atoms with Gasteiger partial charge >= 0.3 is 0 Å². The van der Waals surface area contributed by atoms with E-state index < -0.39 is 0 Å². The molecule has 0 spiro atoms. The zero-order valence-electron chi connectivity index (χ0n) is 11.0. The van der Waals surface area contributed by atoms with Crippen molar-refractivity contribution < 1.29 is 9.62 Å². The maximum Gasteiger partial charge on any atom is 0.155 e. The summed E-state index contributed by atoms with van der Waals surface area (Å²) < 4.78 is 8.06. The van der Waals surface area contributed by atoms with Gasteiger partial charge in [-0.3, -0.25) is 0 Å². The third-order valence-corrected chi connectivity index (χ3v) is 4.60. The van der Waals surface area contributed by atoms with Gasteiger partial charge in [0.05, 0.1) is 0 Å². The van der Waals surface area contributed by atoms with Crippen molar-refractivity contribution in [2.75, 3.05) is 0 Å². The average molecular weight is 293 g/mol. The molecule has 0 atom stereocenters. The molecule has 4 rings (SSSR count). The van der Waals surface area contributed by atoms with Gasteiger partial charge < -0.3 is 9.62 Å². The largest absolute Gasteiger partial charge is 0.454 e. The molecule has 4 aromatic rings. The standard InChI is InChI=1S/C17H11NO2S/c19-18-13-10-14(11-6-2-1-3-7-11)20-16-12-8-4-5-9-15(12)21-17(13)16/h1-10,19H/b18-13-. The molecule has 2 aromatic heterocycles. The van der Waals surface area contributed by atoms with Gasteiger partial charge in [0.15, 0.2) is 5.58 Å².